The van der Waals surface area contributed by atoms with E-state index in [1.54, 1.807) is 12.1 Å². The quantitative estimate of drug-likeness (QED) is 0.913. The van der Waals surface area contributed by atoms with Crippen LogP contribution in [0.25, 0.3) is 0 Å². The Kier molecular flexibility index (Phi) is 4.62. The second kappa shape index (κ2) is 6.08. The number of hydrogen-bond donors (Lipinski definition) is 1. The maximum absolute atomic E-state index is 12.3. The topological polar surface area (TPSA) is 46.2 Å². The van der Waals surface area contributed by atoms with Crippen LogP contribution in [0.15, 0.2) is 51.8 Å². The van der Waals surface area contributed by atoms with Crippen molar-refractivity contribution in [3.8, 4) is 0 Å². The second-order valence-electron chi connectivity index (χ2n) is 4.66. The smallest absolute Gasteiger partial charge is 0.207 e. The highest BCUT2D eigenvalue weighted by atomic mass is 79.9. The van der Waals surface area contributed by atoms with E-state index >= 15 is 0 Å². The van der Waals surface area contributed by atoms with Crippen LogP contribution in [0, 0.1) is 13.8 Å². The molecule has 2 aromatic carbocycles. The number of benzene rings is 2. The number of hydrogen-bond acceptors (Lipinski definition) is 2. The fourth-order valence-electron chi connectivity index (χ4n) is 1.78. The highest BCUT2D eigenvalue weighted by Crippen LogP contribution is 2.18. The van der Waals surface area contributed by atoms with Crippen LogP contribution in [0.1, 0.15) is 16.7 Å². The molecule has 0 aromatic heterocycles. The third kappa shape index (κ3) is 3.48. The van der Waals surface area contributed by atoms with Gasteiger partial charge in [-0.15, -0.1) is 0 Å². The largest absolute Gasteiger partial charge is 0.240 e. The van der Waals surface area contributed by atoms with Crippen LogP contribution in [0.2, 0.25) is 0 Å². The first-order valence-electron chi connectivity index (χ1n) is 6.20. The lowest BCUT2D eigenvalue weighted by atomic mass is 10.1. The van der Waals surface area contributed by atoms with E-state index in [0.29, 0.717) is 4.90 Å². The molecule has 1 N–H and O–H groups in total. The van der Waals surface area contributed by atoms with Gasteiger partial charge in [-0.25, -0.2) is 13.1 Å². The molecule has 0 unspecified atom stereocenters. The van der Waals surface area contributed by atoms with E-state index < -0.39 is 10.0 Å². The lowest BCUT2D eigenvalue weighted by molar-refractivity contribution is 0.581. The highest BCUT2D eigenvalue weighted by molar-refractivity contribution is 9.10. The van der Waals surface area contributed by atoms with Gasteiger partial charge in [-0.1, -0.05) is 40.2 Å². The second-order valence-corrected chi connectivity index (χ2v) is 7.28. The van der Waals surface area contributed by atoms with E-state index in [9.17, 15) is 8.42 Å². The van der Waals surface area contributed by atoms with Gasteiger partial charge in [0.15, 0.2) is 0 Å². The van der Waals surface area contributed by atoms with Gasteiger partial charge < -0.3 is 0 Å². The number of aryl methyl sites for hydroxylation is 2. The summed E-state index contributed by atoms with van der Waals surface area (Å²) in [6.07, 6.45) is 0. The lowest BCUT2D eigenvalue weighted by Gasteiger charge is -2.09. The molecule has 2 rings (SSSR count). The maximum Gasteiger partial charge on any atom is 0.240 e. The average molecular weight is 354 g/mol. The summed E-state index contributed by atoms with van der Waals surface area (Å²) in [6.45, 7) is 4.12. The Bertz CT molecular complexity index is 726. The molecule has 0 saturated carbocycles. The standard InChI is InChI=1S/C15H16BrNO2S/c1-11-7-8-14(9-12(11)2)20(18,19)17-10-13-5-3-4-6-15(13)16/h3-9,17H,10H2,1-2H3. The zero-order valence-electron chi connectivity index (χ0n) is 11.4. The SMILES string of the molecule is Cc1ccc(S(=O)(=O)NCc2ccccc2Br)cc1C. The number of rotatable bonds is 4. The molecule has 0 heterocycles. The van der Waals surface area contributed by atoms with Crippen LogP contribution in [-0.2, 0) is 16.6 Å². The number of halogens is 1. The molecule has 0 spiro atoms. The summed E-state index contributed by atoms with van der Waals surface area (Å²) < 4.78 is 28.0. The normalized spacial score (nSPS) is 11.6. The van der Waals surface area contributed by atoms with Crippen molar-refractivity contribution >= 4 is 26.0 Å². The van der Waals surface area contributed by atoms with Crippen LogP contribution in [0.5, 0.6) is 0 Å². The van der Waals surface area contributed by atoms with Gasteiger partial charge in [0.05, 0.1) is 4.90 Å². The zero-order chi connectivity index (χ0) is 14.8. The number of nitrogens with one attached hydrogen (secondary N) is 1. The summed E-state index contributed by atoms with van der Waals surface area (Å²) >= 11 is 3.41. The van der Waals surface area contributed by atoms with Crippen molar-refractivity contribution < 1.29 is 8.42 Å². The van der Waals surface area contributed by atoms with E-state index in [4.69, 9.17) is 0 Å². The predicted molar refractivity (Wildman–Crippen MR) is 84.1 cm³/mol. The molecule has 0 atom stereocenters. The van der Waals surface area contributed by atoms with Gasteiger partial charge in [-0.2, -0.15) is 0 Å². The van der Waals surface area contributed by atoms with Crippen molar-refractivity contribution in [3.63, 3.8) is 0 Å². The molecule has 106 valence electrons. The molecule has 20 heavy (non-hydrogen) atoms. The van der Waals surface area contributed by atoms with Crippen LogP contribution in [-0.4, -0.2) is 8.42 Å². The molecule has 0 radical (unpaired) electrons. The molecule has 0 aliphatic heterocycles. The van der Waals surface area contributed by atoms with Crippen molar-refractivity contribution in [1.29, 1.82) is 0 Å². The third-order valence-corrected chi connectivity index (χ3v) is 5.37. The lowest BCUT2D eigenvalue weighted by Crippen LogP contribution is -2.23. The molecule has 5 heteroatoms. The zero-order valence-corrected chi connectivity index (χ0v) is 13.8. The summed E-state index contributed by atoms with van der Waals surface area (Å²) in [5.41, 5.74) is 2.95. The highest BCUT2D eigenvalue weighted by Gasteiger charge is 2.14. The molecule has 0 saturated heterocycles. The fraction of sp³-hybridized carbons (Fsp3) is 0.200. The molecule has 2 aromatic rings. The van der Waals surface area contributed by atoms with Crippen molar-refractivity contribution in [2.24, 2.45) is 0 Å². The summed E-state index contributed by atoms with van der Waals surface area (Å²) in [6, 6.07) is 12.7. The molecule has 0 aliphatic carbocycles. The van der Waals surface area contributed by atoms with Crippen molar-refractivity contribution in [3.05, 3.63) is 63.6 Å². The Morgan fingerprint density at radius 2 is 1.75 bits per heavy atom. The minimum absolute atomic E-state index is 0.261. The Morgan fingerprint density at radius 1 is 1.05 bits per heavy atom. The molecular formula is C15H16BrNO2S. The predicted octanol–water partition coefficient (Wildman–Crippen LogP) is 3.54. The van der Waals surface area contributed by atoms with Crippen molar-refractivity contribution in [2.45, 2.75) is 25.3 Å². The average Bonchev–Trinajstić information content (AvgIpc) is 2.41. The summed E-state index contributed by atoms with van der Waals surface area (Å²) in [5.74, 6) is 0. The molecule has 0 amide bonds. The fourth-order valence-corrected chi connectivity index (χ4v) is 3.30. The van der Waals surface area contributed by atoms with Gasteiger partial charge in [0.25, 0.3) is 0 Å². The summed E-state index contributed by atoms with van der Waals surface area (Å²) in [5, 5.41) is 0. The first-order valence-corrected chi connectivity index (χ1v) is 8.48. The molecular weight excluding hydrogens is 338 g/mol. The molecule has 0 bridgehead atoms. The first kappa shape index (κ1) is 15.2. The van der Waals surface area contributed by atoms with Crippen LogP contribution < -0.4 is 4.72 Å². The van der Waals surface area contributed by atoms with Gasteiger partial charge in [0, 0.05) is 11.0 Å². The van der Waals surface area contributed by atoms with Crippen molar-refractivity contribution in [1.82, 2.24) is 4.72 Å². The van der Waals surface area contributed by atoms with E-state index in [0.717, 1.165) is 21.2 Å². The molecule has 0 fully saturated rings. The Balaban J connectivity index is 2.19. The van der Waals surface area contributed by atoms with Gasteiger partial charge >= 0.3 is 0 Å². The first-order chi connectivity index (χ1) is 9.40. The summed E-state index contributed by atoms with van der Waals surface area (Å²) in [7, 11) is -3.49. The van der Waals surface area contributed by atoms with E-state index in [-0.39, 0.29) is 6.54 Å². The van der Waals surface area contributed by atoms with Crippen molar-refractivity contribution in [2.75, 3.05) is 0 Å². The van der Waals surface area contributed by atoms with Gasteiger partial charge in [-0.3, -0.25) is 0 Å². The molecule has 3 nitrogen and oxygen atoms in total. The minimum atomic E-state index is -3.49. The number of sulfonamides is 1. The Labute approximate surface area is 128 Å². The van der Waals surface area contributed by atoms with Crippen LogP contribution in [0.3, 0.4) is 0 Å². The maximum atomic E-state index is 12.3. The van der Waals surface area contributed by atoms with Crippen LogP contribution >= 0.6 is 15.9 Å². The van der Waals surface area contributed by atoms with Gasteiger partial charge in [0.1, 0.15) is 0 Å². The van der Waals surface area contributed by atoms with E-state index in [2.05, 4.69) is 20.7 Å². The molecule has 0 aliphatic rings. The summed E-state index contributed by atoms with van der Waals surface area (Å²) in [4.78, 5) is 0.299. The Morgan fingerprint density at radius 3 is 2.40 bits per heavy atom. The van der Waals surface area contributed by atoms with Gasteiger partial charge in [0.2, 0.25) is 10.0 Å². The van der Waals surface area contributed by atoms with E-state index in [1.165, 1.54) is 0 Å². The Hall–Kier alpha value is -1.17. The monoisotopic (exact) mass is 353 g/mol. The van der Waals surface area contributed by atoms with Gasteiger partial charge in [-0.05, 0) is 48.7 Å². The third-order valence-electron chi connectivity index (χ3n) is 3.20. The van der Waals surface area contributed by atoms with E-state index in [1.807, 2.05) is 44.2 Å². The minimum Gasteiger partial charge on any atom is -0.207 e. The van der Waals surface area contributed by atoms with Crippen LogP contribution in [0.4, 0.5) is 0 Å².